The zero-order chi connectivity index (χ0) is 20.7. The van der Waals surface area contributed by atoms with Gasteiger partial charge >= 0.3 is 11.9 Å². The van der Waals surface area contributed by atoms with Crippen LogP contribution in [-0.4, -0.2) is 79.1 Å². The Bertz CT molecular complexity index is 754. The van der Waals surface area contributed by atoms with E-state index in [9.17, 15) is 8.42 Å². The van der Waals surface area contributed by atoms with Crippen LogP contribution in [0.5, 0.6) is 5.75 Å². The standard InChI is InChI=1S/C16H24N2O3S.C2H2O4/c1-21-15-6-8-16(9-7-15)22(19,20)18-12-10-17(11-13-18)14-4-2-3-5-14;3-1(4)2(5)6/h6-9,14H,2-5,10-13H2,1H3;(H,3,4)(H,5,6). The van der Waals surface area contributed by atoms with E-state index in [1.165, 1.54) is 25.7 Å². The lowest BCUT2D eigenvalue weighted by Gasteiger charge is -2.37. The topological polar surface area (TPSA) is 124 Å². The summed E-state index contributed by atoms with van der Waals surface area (Å²) in [5, 5.41) is 14.8. The number of hydrogen-bond acceptors (Lipinski definition) is 6. The van der Waals surface area contributed by atoms with Crippen LogP contribution < -0.4 is 4.74 Å². The van der Waals surface area contributed by atoms with Crippen LogP contribution in [0.15, 0.2) is 29.2 Å². The highest BCUT2D eigenvalue weighted by Crippen LogP contribution is 2.26. The average Bonchev–Trinajstić information content (AvgIpc) is 3.23. The van der Waals surface area contributed by atoms with Crippen molar-refractivity contribution >= 4 is 22.0 Å². The van der Waals surface area contributed by atoms with Crippen molar-refractivity contribution in [2.24, 2.45) is 0 Å². The number of ether oxygens (including phenoxy) is 1. The highest BCUT2D eigenvalue weighted by molar-refractivity contribution is 7.89. The van der Waals surface area contributed by atoms with E-state index in [1.54, 1.807) is 35.7 Å². The number of methoxy groups -OCH3 is 1. The Kier molecular flexibility index (Phi) is 7.78. The predicted octanol–water partition coefficient (Wildman–Crippen LogP) is 1.10. The maximum Gasteiger partial charge on any atom is 0.414 e. The summed E-state index contributed by atoms with van der Waals surface area (Å²) in [4.78, 5) is 21.0. The van der Waals surface area contributed by atoms with E-state index < -0.39 is 22.0 Å². The minimum atomic E-state index is -3.38. The van der Waals surface area contributed by atoms with Gasteiger partial charge in [-0.05, 0) is 37.1 Å². The van der Waals surface area contributed by atoms with Gasteiger partial charge < -0.3 is 14.9 Å². The molecule has 9 nitrogen and oxygen atoms in total. The largest absolute Gasteiger partial charge is 0.497 e. The summed E-state index contributed by atoms with van der Waals surface area (Å²) in [5.41, 5.74) is 0. The molecule has 2 fully saturated rings. The van der Waals surface area contributed by atoms with Crippen LogP contribution >= 0.6 is 0 Å². The highest BCUT2D eigenvalue weighted by Gasteiger charge is 2.31. The number of carboxylic acid groups (broad SMARTS) is 2. The van der Waals surface area contributed by atoms with E-state index >= 15 is 0 Å². The molecule has 28 heavy (non-hydrogen) atoms. The molecule has 1 heterocycles. The van der Waals surface area contributed by atoms with Crippen LogP contribution in [0.1, 0.15) is 25.7 Å². The Morgan fingerprint density at radius 1 is 0.964 bits per heavy atom. The summed E-state index contributed by atoms with van der Waals surface area (Å²) >= 11 is 0. The van der Waals surface area contributed by atoms with Crippen molar-refractivity contribution in [3.05, 3.63) is 24.3 Å². The van der Waals surface area contributed by atoms with Crippen LogP contribution in [0.4, 0.5) is 0 Å². The zero-order valence-corrected chi connectivity index (χ0v) is 16.6. The number of hydrogen-bond donors (Lipinski definition) is 2. The molecular formula is C18H26N2O7S. The minimum absolute atomic E-state index is 0.350. The van der Waals surface area contributed by atoms with E-state index in [1.807, 2.05) is 0 Å². The molecule has 2 N–H and O–H groups in total. The summed E-state index contributed by atoms with van der Waals surface area (Å²) in [6, 6.07) is 7.31. The normalized spacial score (nSPS) is 18.9. The molecule has 0 atom stereocenters. The lowest BCUT2D eigenvalue weighted by Crippen LogP contribution is -2.51. The van der Waals surface area contributed by atoms with Crippen LogP contribution in [-0.2, 0) is 19.6 Å². The first-order chi connectivity index (χ1) is 13.3. The molecule has 0 amide bonds. The van der Waals surface area contributed by atoms with Crippen LogP contribution in [0, 0.1) is 0 Å². The second-order valence-corrected chi connectivity index (χ2v) is 8.60. The van der Waals surface area contributed by atoms with E-state index in [4.69, 9.17) is 24.5 Å². The Hall–Kier alpha value is -2.17. The summed E-state index contributed by atoms with van der Waals surface area (Å²) < 4.78 is 32.1. The third-order valence-corrected chi connectivity index (χ3v) is 6.91. The van der Waals surface area contributed by atoms with Crippen LogP contribution in [0.3, 0.4) is 0 Å². The number of carbonyl (C=O) groups is 2. The predicted molar refractivity (Wildman–Crippen MR) is 101 cm³/mol. The number of carboxylic acids is 2. The molecule has 1 aliphatic carbocycles. The summed E-state index contributed by atoms with van der Waals surface area (Å²) in [5.74, 6) is -2.98. The SMILES string of the molecule is COc1ccc(S(=O)(=O)N2CCN(C3CCCC3)CC2)cc1.O=C(O)C(=O)O. The molecule has 0 aromatic heterocycles. The number of sulfonamides is 1. The van der Waals surface area contributed by atoms with Gasteiger partial charge in [0.15, 0.2) is 0 Å². The second-order valence-electron chi connectivity index (χ2n) is 6.66. The van der Waals surface area contributed by atoms with Crippen molar-refractivity contribution in [2.45, 2.75) is 36.6 Å². The molecule has 1 aromatic rings. The number of piperazine rings is 1. The molecule has 3 rings (SSSR count). The van der Waals surface area contributed by atoms with Crippen molar-refractivity contribution in [2.75, 3.05) is 33.3 Å². The smallest absolute Gasteiger partial charge is 0.414 e. The zero-order valence-electron chi connectivity index (χ0n) is 15.8. The van der Waals surface area contributed by atoms with E-state index in [-0.39, 0.29) is 0 Å². The van der Waals surface area contributed by atoms with Gasteiger partial charge in [-0.25, -0.2) is 18.0 Å². The van der Waals surface area contributed by atoms with Gasteiger partial charge in [-0.1, -0.05) is 12.8 Å². The van der Waals surface area contributed by atoms with Crippen molar-refractivity contribution in [3.63, 3.8) is 0 Å². The Morgan fingerprint density at radius 2 is 1.46 bits per heavy atom. The minimum Gasteiger partial charge on any atom is -0.497 e. The first-order valence-electron chi connectivity index (χ1n) is 9.10. The van der Waals surface area contributed by atoms with Crippen molar-refractivity contribution in [1.82, 2.24) is 9.21 Å². The lowest BCUT2D eigenvalue weighted by atomic mass is 10.2. The number of nitrogens with zero attached hydrogens (tertiary/aromatic N) is 2. The van der Waals surface area contributed by atoms with Crippen LogP contribution in [0.2, 0.25) is 0 Å². The van der Waals surface area contributed by atoms with E-state index in [2.05, 4.69) is 4.90 Å². The third-order valence-electron chi connectivity index (χ3n) is 4.99. The Labute approximate surface area is 164 Å². The van der Waals surface area contributed by atoms with Gasteiger partial charge in [-0.2, -0.15) is 4.31 Å². The number of aliphatic carboxylic acids is 2. The molecule has 2 aliphatic rings. The summed E-state index contributed by atoms with van der Waals surface area (Å²) in [7, 11) is -1.81. The Balaban J connectivity index is 0.000000409. The van der Waals surface area contributed by atoms with Gasteiger partial charge in [0.05, 0.1) is 12.0 Å². The molecule has 156 valence electrons. The fourth-order valence-electron chi connectivity index (χ4n) is 3.48. The third kappa shape index (κ3) is 5.66. The molecule has 1 saturated heterocycles. The molecule has 1 aromatic carbocycles. The maximum absolute atomic E-state index is 12.7. The fourth-order valence-corrected chi connectivity index (χ4v) is 4.90. The highest BCUT2D eigenvalue weighted by atomic mass is 32.2. The van der Waals surface area contributed by atoms with Gasteiger partial charge in [0, 0.05) is 32.2 Å². The molecule has 0 bridgehead atoms. The fraction of sp³-hybridized carbons (Fsp3) is 0.556. The summed E-state index contributed by atoms with van der Waals surface area (Å²) in [6.45, 7) is 2.87. The second kappa shape index (κ2) is 9.85. The molecule has 1 aliphatic heterocycles. The first-order valence-corrected chi connectivity index (χ1v) is 10.5. The summed E-state index contributed by atoms with van der Waals surface area (Å²) in [6.07, 6.45) is 5.17. The monoisotopic (exact) mass is 414 g/mol. The number of benzene rings is 1. The van der Waals surface area contributed by atoms with Gasteiger partial charge in [-0.3, -0.25) is 4.90 Å². The quantitative estimate of drug-likeness (QED) is 0.702. The van der Waals surface area contributed by atoms with Gasteiger partial charge in [0.25, 0.3) is 0 Å². The van der Waals surface area contributed by atoms with E-state index in [0.717, 1.165) is 13.1 Å². The van der Waals surface area contributed by atoms with Gasteiger partial charge in [0.2, 0.25) is 10.0 Å². The maximum atomic E-state index is 12.7. The van der Waals surface area contributed by atoms with Crippen molar-refractivity contribution in [1.29, 1.82) is 0 Å². The Morgan fingerprint density at radius 3 is 1.89 bits per heavy atom. The lowest BCUT2D eigenvalue weighted by molar-refractivity contribution is -0.159. The molecule has 0 spiro atoms. The average molecular weight is 414 g/mol. The van der Waals surface area contributed by atoms with Crippen molar-refractivity contribution < 1.29 is 33.0 Å². The van der Waals surface area contributed by atoms with Crippen molar-refractivity contribution in [3.8, 4) is 5.75 Å². The molecular weight excluding hydrogens is 388 g/mol. The van der Waals surface area contributed by atoms with Gasteiger partial charge in [0.1, 0.15) is 5.75 Å². The molecule has 10 heteroatoms. The molecule has 0 unspecified atom stereocenters. The van der Waals surface area contributed by atoms with Gasteiger partial charge in [-0.15, -0.1) is 0 Å². The van der Waals surface area contributed by atoms with Crippen LogP contribution in [0.25, 0.3) is 0 Å². The molecule has 1 saturated carbocycles. The molecule has 0 radical (unpaired) electrons. The number of rotatable bonds is 4. The first kappa shape index (κ1) is 22.1. The van der Waals surface area contributed by atoms with E-state index in [0.29, 0.717) is 29.8 Å².